The highest BCUT2D eigenvalue weighted by Crippen LogP contribution is 2.22. The maximum Gasteiger partial charge on any atom is 0.261 e. The number of carbonyl (C=O) groups is 1. The van der Waals surface area contributed by atoms with Gasteiger partial charge in [0.05, 0.1) is 21.5 Å². The van der Waals surface area contributed by atoms with E-state index >= 15 is 0 Å². The van der Waals surface area contributed by atoms with E-state index < -0.39 is 0 Å². The van der Waals surface area contributed by atoms with Crippen molar-refractivity contribution in [1.29, 1.82) is 0 Å². The Morgan fingerprint density at radius 1 is 1.11 bits per heavy atom. The van der Waals surface area contributed by atoms with Crippen molar-refractivity contribution in [2.45, 2.75) is 12.5 Å². The highest BCUT2D eigenvalue weighted by molar-refractivity contribution is 7.17. The van der Waals surface area contributed by atoms with Crippen LogP contribution in [-0.2, 0) is 4.84 Å². The molecule has 2 aromatic heterocycles. The van der Waals surface area contributed by atoms with E-state index in [9.17, 15) is 4.79 Å². The Morgan fingerprint density at radius 2 is 1.86 bits per heavy atom. The van der Waals surface area contributed by atoms with Crippen LogP contribution in [0.2, 0.25) is 4.34 Å². The molecule has 142 valence electrons. The number of aromatic nitrogens is 1. The zero-order valence-corrected chi connectivity index (χ0v) is 16.3. The summed E-state index contributed by atoms with van der Waals surface area (Å²) >= 11 is 7.12. The lowest BCUT2D eigenvalue weighted by atomic mass is 10.0. The quantitative estimate of drug-likeness (QED) is 0.626. The number of hydrogen-bond acceptors (Lipinski definition) is 6. The average Bonchev–Trinajstić information content (AvgIpc) is 3.37. The molecule has 0 saturated carbocycles. The molecule has 0 radical (unpaired) electrons. The zero-order chi connectivity index (χ0) is 19.3. The first kappa shape index (κ1) is 18.5. The molecule has 28 heavy (non-hydrogen) atoms. The van der Waals surface area contributed by atoms with Crippen LogP contribution in [0.3, 0.4) is 0 Å². The summed E-state index contributed by atoms with van der Waals surface area (Å²) in [5.74, 6) is -0.152. The smallest absolute Gasteiger partial charge is 0.261 e. The van der Waals surface area contributed by atoms with Gasteiger partial charge in [0.15, 0.2) is 0 Å². The van der Waals surface area contributed by atoms with Gasteiger partial charge in [0.2, 0.25) is 0 Å². The Morgan fingerprint density at radius 3 is 2.57 bits per heavy atom. The van der Waals surface area contributed by atoms with Crippen LogP contribution in [0.1, 0.15) is 21.7 Å². The summed E-state index contributed by atoms with van der Waals surface area (Å²) in [6.07, 6.45) is 3.95. The molecule has 1 amide bonds. The third-order valence-corrected chi connectivity index (χ3v) is 5.44. The van der Waals surface area contributed by atoms with E-state index in [0.29, 0.717) is 22.2 Å². The van der Waals surface area contributed by atoms with Crippen molar-refractivity contribution in [2.24, 2.45) is 5.16 Å². The van der Waals surface area contributed by atoms with Gasteiger partial charge in [-0.2, -0.15) is 0 Å². The SMILES string of the molecule is O=C(NCC1CC(c2ccc(Nc3ccncc3)cc2)=NO1)c1ccc(Cl)s1. The Labute approximate surface area is 171 Å². The molecule has 6 nitrogen and oxygen atoms in total. The molecule has 4 rings (SSSR count). The average molecular weight is 413 g/mol. The molecule has 0 saturated heterocycles. The van der Waals surface area contributed by atoms with E-state index in [-0.39, 0.29) is 12.0 Å². The van der Waals surface area contributed by atoms with Crippen LogP contribution in [0.4, 0.5) is 11.4 Å². The molecule has 2 N–H and O–H groups in total. The van der Waals surface area contributed by atoms with Crippen molar-refractivity contribution in [3.8, 4) is 0 Å². The molecule has 0 aliphatic carbocycles. The number of hydrogen-bond donors (Lipinski definition) is 2. The zero-order valence-electron chi connectivity index (χ0n) is 14.8. The van der Waals surface area contributed by atoms with E-state index in [1.165, 1.54) is 11.3 Å². The number of amides is 1. The van der Waals surface area contributed by atoms with Gasteiger partial charge in [0, 0.05) is 30.2 Å². The van der Waals surface area contributed by atoms with Gasteiger partial charge >= 0.3 is 0 Å². The number of rotatable bonds is 6. The van der Waals surface area contributed by atoms with Crippen molar-refractivity contribution in [3.05, 3.63) is 75.7 Å². The highest BCUT2D eigenvalue weighted by Gasteiger charge is 2.23. The third-order valence-electron chi connectivity index (χ3n) is 4.21. The van der Waals surface area contributed by atoms with Gasteiger partial charge in [-0.25, -0.2) is 0 Å². The Balaban J connectivity index is 1.29. The monoisotopic (exact) mass is 412 g/mol. The molecule has 1 atom stereocenters. The molecule has 3 heterocycles. The summed E-state index contributed by atoms with van der Waals surface area (Å²) in [6.45, 7) is 0.392. The molecule has 1 aliphatic heterocycles. The van der Waals surface area contributed by atoms with E-state index in [0.717, 1.165) is 22.6 Å². The molecule has 0 fully saturated rings. The van der Waals surface area contributed by atoms with Crippen molar-refractivity contribution in [2.75, 3.05) is 11.9 Å². The third kappa shape index (κ3) is 4.49. The second-order valence-electron chi connectivity index (χ2n) is 6.22. The minimum Gasteiger partial charge on any atom is -0.390 e. The number of nitrogens with one attached hydrogen (secondary N) is 2. The first-order valence-corrected chi connectivity index (χ1v) is 9.90. The molecular formula is C20H17ClN4O2S. The number of nitrogens with zero attached hydrogens (tertiary/aromatic N) is 2. The van der Waals surface area contributed by atoms with Gasteiger partial charge in [0.1, 0.15) is 6.10 Å². The normalized spacial score (nSPS) is 15.6. The molecule has 1 unspecified atom stereocenters. The molecule has 1 aliphatic rings. The van der Waals surface area contributed by atoms with Crippen molar-refractivity contribution in [1.82, 2.24) is 10.3 Å². The fraction of sp³-hybridized carbons (Fsp3) is 0.150. The molecule has 1 aromatic carbocycles. The standard InChI is InChI=1S/C20H17ClN4O2S/c21-19-6-5-18(28-19)20(26)23-12-16-11-17(25-27-16)13-1-3-14(4-2-13)24-15-7-9-22-10-8-15/h1-10,16H,11-12H2,(H,22,24)(H,23,26). The van der Waals surface area contributed by atoms with E-state index in [1.807, 2.05) is 36.4 Å². The first-order valence-electron chi connectivity index (χ1n) is 8.71. The van der Waals surface area contributed by atoms with Crippen molar-refractivity contribution < 1.29 is 9.63 Å². The van der Waals surface area contributed by atoms with Gasteiger partial charge in [-0.15, -0.1) is 11.3 Å². The van der Waals surface area contributed by atoms with Gasteiger partial charge in [0.25, 0.3) is 5.91 Å². The van der Waals surface area contributed by atoms with Crippen LogP contribution in [0.5, 0.6) is 0 Å². The molecule has 0 spiro atoms. The summed E-state index contributed by atoms with van der Waals surface area (Å²) in [5.41, 5.74) is 3.83. The van der Waals surface area contributed by atoms with Gasteiger partial charge < -0.3 is 15.5 Å². The fourth-order valence-electron chi connectivity index (χ4n) is 2.79. The predicted octanol–water partition coefficient (Wildman–Crippen LogP) is 4.46. The predicted molar refractivity (Wildman–Crippen MR) is 112 cm³/mol. The lowest BCUT2D eigenvalue weighted by Gasteiger charge is -2.09. The number of thiophene rings is 1. The van der Waals surface area contributed by atoms with Crippen LogP contribution < -0.4 is 10.6 Å². The van der Waals surface area contributed by atoms with Crippen molar-refractivity contribution in [3.63, 3.8) is 0 Å². The second-order valence-corrected chi connectivity index (χ2v) is 7.94. The van der Waals surface area contributed by atoms with Crippen LogP contribution >= 0.6 is 22.9 Å². The van der Waals surface area contributed by atoms with Crippen LogP contribution in [-0.4, -0.2) is 29.3 Å². The minimum absolute atomic E-state index is 0.152. The van der Waals surface area contributed by atoms with Crippen LogP contribution in [0, 0.1) is 0 Å². The fourth-order valence-corrected chi connectivity index (χ4v) is 3.75. The minimum atomic E-state index is -0.177. The summed E-state index contributed by atoms with van der Waals surface area (Å²) in [6, 6.07) is 15.2. The van der Waals surface area contributed by atoms with Crippen LogP contribution in [0.25, 0.3) is 0 Å². The molecular weight excluding hydrogens is 396 g/mol. The summed E-state index contributed by atoms with van der Waals surface area (Å²) in [7, 11) is 0. The number of oxime groups is 1. The van der Waals surface area contributed by atoms with E-state index in [1.54, 1.807) is 24.5 Å². The van der Waals surface area contributed by atoms with Crippen LogP contribution in [0.15, 0.2) is 66.1 Å². The Hall–Kier alpha value is -2.90. The number of halogens is 1. The first-order chi connectivity index (χ1) is 13.7. The number of carbonyl (C=O) groups excluding carboxylic acids is 1. The number of pyridine rings is 1. The maximum atomic E-state index is 12.1. The summed E-state index contributed by atoms with van der Waals surface area (Å²) in [4.78, 5) is 22.1. The Bertz CT molecular complexity index is 989. The lowest BCUT2D eigenvalue weighted by molar-refractivity contribution is 0.0755. The van der Waals surface area contributed by atoms with Gasteiger partial charge in [-0.3, -0.25) is 9.78 Å². The van der Waals surface area contributed by atoms with Gasteiger partial charge in [-0.05, 0) is 42.0 Å². The van der Waals surface area contributed by atoms with E-state index in [2.05, 4.69) is 20.8 Å². The summed E-state index contributed by atoms with van der Waals surface area (Å²) in [5, 5.41) is 10.3. The molecule has 8 heteroatoms. The Kier molecular flexibility index (Phi) is 5.55. The molecule has 0 bridgehead atoms. The largest absolute Gasteiger partial charge is 0.390 e. The highest BCUT2D eigenvalue weighted by atomic mass is 35.5. The van der Waals surface area contributed by atoms with Gasteiger partial charge in [-0.1, -0.05) is 28.9 Å². The summed E-state index contributed by atoms with van der Waals surface area (Å²) < 4.78 is 0.592. The maximum absolute atomic E-state index is 12.1. The lowest BCUT2D eigenvalue weighted by Crippen LogP contribution is -2.31. The topological polar surface area (TPSA) is 75.6 Å². The van der Waals surface area contributed by atoms with Crippen molar-refractivity contribution >= 4 is 45.9 Å². The number of anilines is 2. The van der Waals surface area contributed by atoms with E-state index in [4.69, 9.17) is 16.4 Å². The second kappa shape index (κ2) is 8.41. The number of benzene rings is 1. The molecule has 3 aromatic rings.